The second kappa shape index (κ2) is 4.03. The van der Waals surface area contributed by atoms with Gasteiger partial charge in [0.2, 0.25) is 0 Å². The molecule has 0 aliphatic carbocycles. The van der Waals surface area contributed by atoms with Crippen LogP contribution in [0.3, 0.4) is 0 Å². The highest BCUT2D eigenvalue weighted by atomic mass is 19.4. The van der Waals surface area contributed by atoms with Gasteiger partial charge in [-0.05, 0) is 18.2 Å². The second-order valence-electron chi connectivity index (χ2n) is 3.50. The van der Waals surface area contributed by atoms with E-state index in [0.29, 0.717) is 0 Å². The first-order valence-electron chi connectivity index (χ1n) is 4.42. The molecule has 6 heteroatoms. The van der Waals surface area contributed by atoms with Crippen molar-refractivity contribution in [2.24, 2.45) is 0 Å². The van der Waals surface area contributed by atoms with Crippen LogP contribution in [0.1, 0.15) is 15.9 Å². The lowest BCUT2D eigenvalue weighted by Gasteiger charge is -2.14. The maximum Gasteiger partial charge on any atom is 0.418 e. The number of nitrogen functional groups attached to an aromatic ring is 1. The molecule has 3 nitrogen and oxygen atoms in total. The van der Waals surface area contributed by atoms with E-state index in [2.05, 4.69) is 0 Å². The number of hydrogen-bond acceptors (Lipinski definition) is 2. The van der Waals surface area contributed by atoms with Gasteiger partial charge in [0.25, 0.3) is 5.91 Å². The average Bonchev–Trinajstić information content (AvgIpc) is 2.15. The summed E-state index contributed by atoms with van der Waals surface area (Å²) in [6, 6.07) is 3.12. The molecule has 0 spiro atoms. The normalized spacial score (nSPS) is 11.3. The van der Waals surface area contributed by atoms with Crippen molar-refractivity contribution in [1.82, 2.24) is 4.90 Å². The number of nitrogens with zero attached hydrogens (tertiary/aromatic N) is 1. The largest absolute Gasteiger partial charge is 0.418 e. The van der Waals surface area contributed by atoms with Crippen molar-refractivity contribution in [3.63, 3.8) is 0 Å². The summed E-state index contributed by atoms with van der Waals surface area (Å²) in [6.45, 7) is 0. The molecule has 0 saturated carbocycles. The highest BCUT2D eigenvalue weighted by molar-refractivity contribution is 5.94. The fourth-order valence-corrected chi connectivity index (χ4v) is 1.19. The van der Waals surface area contributed by atoms with Crippen molar-refractivity contribution < 1.29 is 18.0 Å². The highest BCUT2D eigenvalue weighted by Crippen LogP contribution is 2.34. The number of rotatable bonds is 1. The molecule has 0 heterocycles. The summed E-state index contributed by atoms with van der Waals surface area (Å²) < 4.78 is 37.5. The Kier molecular flexibility index (Phi) is 3.11. The van der Waals surface area contributed by atoms with Crippen LogP contribution in [0.15, 0.2) is 18.2 Å². The van der Waals surface area contributed by atoms with Crippen LogP contribution >= 0.6 is 0 Å². The quantitative estimate of drug-likeness (QED) is 0.752. The van der Waals surface area contributed by atoms with Crippen LogP contribution in [-0.2, 0) is 6.18 Å². The molecule has 88 valence electrons. The first kappa shape index (κ1) is 12.4. The topological polar surface area (TPSA) is 46.3 Å². The van der Waals surface area contributed by atoms with E-state index in [1.807, 2.05) is 0 Å². The third-order valence-electron chi connectivity index (χ3n) is 2.01. The molecule has 1 aromatic rings. The van der Waals surface area contributed by atoms with E-state index < -0.39 is 17.6 Å². The Balaban J connectivity index is 3.23. The Labute approximate surface area is 90.6 Å². The molecule has 0 bridgehead atoms. The molecule has 0 fully saturated rings. The average molecular weight is 232 g/mol. The van der Waals surface area contributed by atoms with E-state index >= 15 is 0 Å². The molecule has 0 unspecified atom stereocenters. The predicted molar refractivity (Wildman–Crippen MR) is 53.9 cm³/mol. The SMILES string of the molecule is CN(C)C(=O)c1ccc(N)c(C(F)(F)F)c1. The zero-order valence-corrected chi connectivity index (χ0v) is 8.80. The molecule has 0 radical (unpaired) electrons. The minimum absolute atomic E-state index is 0.0356. The van der Waals surface area contributed by atoms with Crippen LogP contribution in [0.2, 0.25) is 0 Å². The van der Waals surface area contributed by atoms with Gasteiger partial charge in [-0.2, -0.15) is 13.2 Å². The summed E-state index contributed by atoms with van der Waals surface area (Å²) in [7, 11) is 2.93. The fraction of sp³-hybridized carbons (Fsp3) is 0.300. The maximum atomic E-state index is 12.5. The van der Waals surface area contributed by atoms with Gasteiger partial charge in [0, 0.05) is 25.3 Å². The Morgan fingerprint density at radius 3 is 2.31 bits per heavy atom. The van der Waals surface area contributed by atoms with Crippen molar-refractivity contribution in [3.05, 3.63) is 29.3 Å². The van der Waals surface area contributed by atoms with E-state index in [1.54, 1.807) is 0 Å². The van der Waals surface area contributed by atoms with Gasteiger partial charge in [-0.3, -0.25) is 4.79 Å². The molecule has 0 aliphatic heterocycles. The molecule has 0 saturated heterocycles. The highest BCUT2D eigenvalue weighted by Gasteiger charge is 2.33. The predicted octanol–water partition coefficient (Wildman–Crippen LogP) is 1.99. The van der Waals surface area contributed by atoms with Gasteiger partial charge >= 0.3 is 6.18 Å². The second-order valence-corrected chi connectivity index (χ2v) is 3.50. The van der Waals surface area contributed by atoms with E-state index in [4.69, 9.17) is 5.73 Å². The molecule has 1 aromatic carbocycles. The Morgan fingerprint density at radius 1 is 1.31 bits per heavy atom. The first-order chi connectivity index (χ1) is 7.23. The number of hydrogen-bond donors (Lipinski definition) is 1. The van der Waals surface area contributed by atoms with Gasteiger partial charge in [0.1, 0.15) is 0 Å². The summed E-state index contributed by atoms with van der Waals surface area (Å²) in [4.78, 5) is 12.7. The third kappa shape index (κ3) is 2.44. The standard InChI is InChI=1S/C10H11F3N2O/c1-15(2)9(16)6-3-4-8(14)7(5-6)10(11,12)13/h3-5H,14H2,1-2H3. The number of halogens is 3. The van der Waals surface area contributed by atoms with E-state index in [1.165, 1.54) is 25.1 Å². The van der Waals surface area contributed by atoms with Gasteiger partial charge in [-0.1, -0.05) is 0 Å². The lowest BCUT2D eigenvalue weighted by molar-refractivity contribution is -0.136. The van der Waals surface area contributed by atoms with Crippen LogP contribution in [0.5, 0.6) is 0 Å². The molecule has 0 aromatic heterocycles. The van der Waals surface area contributed by atoms with Gasteiger partial charge in [-0.15, -0.1) is 0 Å². The van der Waals surface area contributed by atoms with Crippen molar-refractivity contribution in [2.45, 2.75) is 6.18 Å². The molecule has 1 rings (SSSR count). The van der Waals surface area contributed by atoms with Crippen molar-refractivity contribution in [3.8, 4) is 0 Å². The lowest BCUT2D eigenvalue weighted by Crippen LogP contribution is -2.22. The maximum absolute atomic E-state index is 12.5. The Hall–Kier alpha value is -1.72. The number of nitrogens with two attached hydrogens (primary N) is 1. The lowest BCUT2D eigenvalue weighted by atomic mass is 10.1. The number of benzene rings is 1. The van der Waals surface area contributed by atoms with Crippen LogP contribution < -0.4 is 5.73 Å². The summed E-state index contributed by atoms with van der Waals surface area (Å²) in [5.41, 5.74) is 3.80. The van der Waals surface area contributed by atoms with Crippen molar-refractivity contribution in [2.75, 3.05) is 19.8 Å². The smallest absolute Gasteiger partial charge is 0.398 e. The zero-order chi connectivity index (χ0) is 12.5. The Morgan fingerprint density at radius 2 is 1.88 bits per heavy atom. The third-order valence-corrected chi connectivity index (χ3v) is 2.01. The van der Waals surface area contributed by atoms with Crippen LogP contribution in [0.4, 0.5) is 18.9 Å². The van der Waals surface area contributed by atoms with Gasteiger partial charge < -0.3 is 10.6 Å². The van der Waals surface area contributed by atoms with Crippen LogP contribution in [0.25, 0.3) is 0 Å². The number of alkyl halides is 3. The van der Waals surface area contributed by atoms with E-state index in [0.717, 1.165) is 12.1 Å². The minimum atomic E-state index is -4.55. The summed E-state index contributed by atoms with van der Waals surface area (Å²) >= 11 is 0. The summed E-state index contributed by atoms with van der Waals surface area (Å²) in [5, 5.41) is 0. The van der Waals surface area contributed by atoms with E-state index in [9.17, 15) is 18.0 Å². The monoisotopic (exact) mass is 232 g/mol. The summed E-state index contributed by atoms with van der Waals surface area (Å²) in [5.74, 6) is -0.495. The molecule has 1 amide bonds. The minimum Gasteiger partial charge on any atom is -0.398 e. The first-order valence-corrected chi connectivity index (χ1v) is 4.42. The number of anilines is 1. The van der Waals surface area contributed by atoms with Crippen molar-refractivity contribution >= 4 is 11.6 Å². The molecule has 16 heavy (non-hydrogen) atoms. The Bertz CT molecular complexity index is 413. The molecular weight excluding hydrogens is 221 g/mol. The van der Waals surface area contributed by atoms with Gasteiger partial charge in [0.05, 0.1) is 5.56 Å². The van der Waals surface area contributed by atoms with E-state index in [-0.39, 0.29) is 11.3 Å². The van der Waals surface area contributed by atoms with Crippen LogP contribution in [0, 0.1) is 0 Å². The van der Waals surface area contributed by atoms with Gasteiger partial charge in [-0.25, -0.2) is 0 Å². The molecule has 2 N–H and O–H groups in total. The molecule has 0 aliphatic rings. The molecule has 0 atom stereocenters. The molecular formula is C10H11F3N2O. The van der Waals surface area contributed by atoms with Crippen LogP contribution in [-0.4, -0.2) is 24.9 Å². The number of amides is 1. The fourth-order valence-electron chi connectivity index (χ4n) is 1.19. The number of carbonyl (C=O) groups excluding carboxylic acids is 1. The summed E-state index contributed by atoms with van der Waals surface area (Å²) in [6.07, 6.45) is -4.55. The number of carbonyl (C=O) groups is 1. The van der Waals surface area contributed by atoms with Crippen molar-refractivity contribution in [1.29, 1.82) is 0 Å². The van der Waals surface area contributed by atoms with Gasteiger partial charge in [0.15, 0.2) is 0 Å². The zero-order valence-electron chi connectivity index (χ0n) is 8.80.